The highest BCUT2D eigenvalue weighted by Gasteiger charge is 2.31. The molecule has 0 aliphatic heterocycles. The van der Waals surface area contributed by atoms with Crippen molar-refractivity contribution in [3.63, 3.8) is 0 Å². The van der Waals surface area contributed by atoms with Crippen LogP contribution in [0.3, 0.4) is 0 Å². The van der Waals surface area contributed by atoms with Crippen molar-refractivity contribution in [3.05, 3.63) is 108 Å². The molecule has 0 saturated heterocycles. The van der Waals surface area contributed by atoms with E-state index in [1.165, 1.54) is 29.5 Å². The van der Waals surface area contributed by atoms with Crippen molar-refractivity contribution in [1.29, 1.82) is 0 Å². The highest BCUT2D eigenvalue weighted by atomic mass is 32.1. The van der Waals surface area contributed by atoms with E-state index in [1.807, 2.05) is 54.6 Å². The van der Waals surface area contributed by atoms with Gasteiger partial charge in [0, 0.05) is 5.56 Å². The highest BCUT2D eigenvalue weighted by Crippen LogP contribution is 2.39. The Morgan fingerprint density at radius 2 is 1.50 bits per heavy atom. The molecule has 214 valence electrons. The highest BCUT2D eigenvalue weighted by molar-refractivity contribution is 7.15. The molecule has 4 aromatic carbocycles. The van der Waals surface area contributed by atoms with Crippen molar-refractivity contribution in [3.8, 4) is 50.1 Å². The van der Waals surface area contributed by atoms with Crippen LogP contribution in [0, 0.1) is 6.92 Å². The number of hydrogen-bond acceptors (Lipinski definition) is 6. The third kappa shape index (κ3) is 7.27. The predicted molar refractivity (Wildman–Crippen MR) is 154 cm³/mol. The lowest BCUT2D eigenvalue weighted by atomic mass is 10.0. The summed E-state index contributed by atoms with van der Waals surface area (Å²) in [6.07, 6.45) is -4.81. The fourth-order valence-electron chi connectivity index (χ4n) is 4.26. The smallest absolute Gasteiger partial charge is 0.486 e. The summed E-state index contributed by atoms with van der Waals surface area (Å²) < 4.78 is 54.1. The molecule has 5 rings (SSSR count). The minimum Gasteiger partial charge on any atom is -0.486 e. The summed E-state index contributed by atoms with van der Waals surface area (Å²) >= 11 is 1.31. The van der Waals surface area contributed by atoms with Crippen LogP contribution in [0.1, 0.15) is 10.6 Å². The first kappa shape index (κ1) is 28.7. The lowest BCUT2D eigenvalue weighted by Gasteiger charge is -2.10. The fourth-order valence-corrected chi connectivity index (χ4v) is 5.26. The number of aromatic nitrogens is 1. The second-order valence-corrected chi connectivity index (χ2v) is 10.3. The van der Waals surface area contributed by atoms with Crippen molar-refractivity contribution in [2.75, 3.05) is 6.61 Å². The summed E-state index contributed by atoms with van der Waals surface area (Å²) in [7, 11) is 0. The van der Waals surface area contributed by atoms with Crippen LogP contribution in [0.5, 0.6) is 17.2 Å². The molecule has 0 spiro atoms. The topological polar surface area (TPSA) is 77.9 Å². The normalized spacial score (nSPS) is 11.2. The number of carboxylic acids is 1. The molecule has 1 heterocycles. The van der Waals surface area contributed by atoms with Crippen molar-refractivity contribution >= 4 is 17.3 Å². The Kier molecular flexibility index (Phi) is 8.44. The maximum atomic E-state index is 12.9. The zero-order valence-electron chi connectivity index (χ0n) is 22.2. The van der Waals surface area contributed by atoms with Crippen molar-refractivity contribution in [1.82, 2.24) is 4.98 Å². The SMILES string of the molecule is Cc1cc(OCc2nc(-c3ccc(-c4ccccc4)cc3)c(-c3cccc(OC(F)(F)F)c3)s2)ccc1OCC(=O)O. The van der Waals surface area contributed by atoms with E-state index in [9.17, 15) is 18.0 Å². The summed E-state index contributed by atoms with van der Waals surface area (Å²) in [6, 6.07) is 28.5. The van der Waals surface area contributed by atoms with E-state index < -0.39 is 18.9 Å². The first-order chi connectivity index (χ1) is 20.1. The largest absolute Gasteiger partial charge is 0.573 e. The molecule has 0 radical (unpaired) electrons. The second-order valence-electron chi connectivity index (χ2n) is 9.20. The number of halogens is 3. The lowest BCUT2D eigenvalue weighted by Crippen LogP contribution is -2.17. The van der Waals surface area contributed by atoms with E-state index >= 15 is 0 Å². The second kappa shape index (κ2) is 12.4. The van der Waals surface area contributed by atoms with Crippen LogP contribution < -0.4 is 14.2 Å². The lowest BCUT2D eigenvalue weighted by molar-refractivity contribution is -0.274. The van der Waals surface area contributed by atoms with Gasteiger partial charge in [0.25, 0.3) is 0 Å². The van der Waals surface area contributed by atoms with Gasteiger partial charge in [-0.1, -0.05) is 66.7 Å². The molecule has 1 N–H and O–H groups in total. The molecule has 0 atom stereocenters. The predicted octanol–water partition coefficient (Wildman–Crippen LogP) is 8.39. The standard InChI is InChI=1S/C32H24F3NO5S/c1-20-16-25(14-15-27(20)40-19-29(37)38)39-18-28-36-30(23-12-10-22(11-13-23)21-6-3-2-4-7-21)31(42-28)24-8-5-9-26(17-24)41-32(33,34)35/h2-17H,18-19H2,1H3,(H,37,38). The van der Waals surface area contributed by atoms with Gasteiger partial charge in [-0.2, -0.15) is 0 Å². The van der Waals surface area contributed by atoms with Crippen LogP contribution in [0.4, 0.5) is 13.2 Å². The number of hydrogen-bond donors (Lipinski definition) is 1. The van der Waals surface area contributed by atoms with Gasteiger partial charge in [0.05, 0.1) is 10.6 Å². The Balaban J connectivity index is 1.44. The fraction of sp³-hybridized carbons (Fsp3) is 0.125. The van der Waals surface area contributed by atoms with Crippen LogP contribution in [0.15, 0.2) is 97.1 Å². The Morgan fingerprint density at radius 3 is 2.19 bits per heavy atom. The molecule has 0 unspecified atom stereocenters. The molecule has 0 amide bonds. The number of nitrogens with zero attached hydrogens (tertiary/aromatic N) is 1. The molecule has 42 heavy (non-hydrogen) atoms. The van der Waals surface area contributed by atoms with Gasteiger partial charge in [0.15, 0.2) is 6.61 Å². The maximum Gasteiger partial charge on any atom is 0.573 e. The number of rotatable bonds is 10. The van der Waals surface area contributed by atoms with Crippen molar-refractivity contribution in [2.24, 2.45) is 0 Å². The minimum atomic E-state index is -4.81. The molecule has 0 saturated carbocycles. The molecule has 0 aliphatic carbocycles. The van der Waals surface area contributed by atoms with Gasteiger partial charge in [0.1, 0.15) is 28.9 Å². The quantitative estimate of drug-likeness (QED) is 0.176. The maximum absolute atomic E-state index is 12.9. The molecule has 6 nitrogen and oxygen atoms in total. The third-order valence-electron chi connectivity index (χ3n) is 6.13. The van der Waals surface area contributed by atoms with Crippen LogP contribution in [0.25, 0.3) is 32.8 Å². The van der Waals surface area contributed by atoms with Crippen LogP contribution in [-0.2, 0) is 11.4 Å². The number of aliphatic carboxylic acids is 1. The van der Waals surface area contributed by atoms with Crippen LogP contribution in [-0.4, -0.2) is 29.0 Å². The van der Waals surface area contributed by atoms with Gasteiger partial charge in [-0.05, 0) is 59.5 Å². The van der Waals surface area contributed by atoms with E-state index in [0.717, 1.165) is 16.7 Å². The van der Waals surface area contributed by atoms with E-state index in [1.54, 1.807) is 31.2 Å². The molecule has 5 aromatic rings. The third-order valence-corrected chi connectivity index (χ3v) is 7.20. The van der Waals surface area contributed by atoms with Gasteiger partial charge in [-0.15, -0.1) is 24.5 Å². The number of thiazole rings is 1. The van der Waals surface area contributed by atoms with Gasteiger partial charge in [-0.25, -0.2) is 9.78 Å². The van der Waals surface area contributed by atoms with Crippen molar-refractivity contribution in [2.45, 2.75) is 19.9 Å². The summed E-state index contributed by atoms with van der Waals surface area (Å²) in [6.45, 7) is 1.43. The molecular formula is C32H24F3NO5S. The van der Waals surface area contributed by atoms with Gasteiger partial charge in [0.2, 0.25) is 0 Å². The monoisotopic (exact) mass is 591 g/mol. The van der Waals surface area contributed by atoms with E-state index in [0.29, 0.717) is 38.2 Å². The Hall–Kier alpha value is -4.83. The Labute approximate surface area is 243 Å². The summed E-state index contributed by atoms with van der Waals surface area (Å²) in [5.41, 5.74) is 4.71. The van der Waals surface area contributed by atoms with Crippen LogP contribution in [0.2, 0.25) is 0 Å². The number of alkyl halides is 3. The zero-order valence-corrected chi connectivity index (χ0v) is 23.0. The molecule has 0 aliphatic rings. The average Bonchev–Trinajstić information content (AvgIpc) is 3.40. The summed E-state index contributed by atoms with van der Waals surface area (Å²) in [5.74, 6) is -0.433. The number of aryl methyl sites for hydroxylation is 1. The molecular weight excluding hydrogens is 567 g/mol. The van der Waals surface area contributed by atoms with Gasteiger partial charge >= 0.3 is 12.3 Å². The molecule has 10 heteroatoms. The average molecular weight is 592 g/mol. The van der Waals surface area contributed by atoms with Crippen LogP contribution >= 0.6 is 11.3 Å². The first-order valence-corrected chi connectivity index (χ1v) is 13.6. The van der Waals surface area contributed by atoms with Gasteiger partial charge < -0.3 is 19.3 Å². The minimum absolute atomic E-state index is 0.104. The molecule has 0 bridgehead atoms. The number of ether oxygens (including phenoxy) is 3. The Morgan fingerprint density at radius 1 is 0.810 bits per heavy atom. The first-order valence-electron chi connectivity index (χ1n) is 12.7. The zero-order chi connectivity index (χ0) is 29.7. The van der Waals surface area contributed by atoms with E-state index in [-0.39, 0.29) is 12.4 Å². The van der Waals surface area contributed by atoms with E-state index in [2.05, 4.69) is 4.74 Å². The van der Waals surface area contributed by atoms with Crippen molar-refractivity contribution < 1.29 is 37.3 Å². The molecule has 1 aromatic heterocycles. The number of carboxylic acid groups (broad SMARTS) is 1. The molecule has 0 fully saturated rings. The number of benzene rings is 4. The Bertz CT molecular complexity index is 1690. The van der Waals surface area contributed by atoms with Gasteiger partial charge in [-0.3, -0.25) is 0 Å². The number of carbonyl (C=O) groups is 1. The summed E-state index contributed by atoms with van der Waals surface area (Å²) in [5, 5.41) is 9.45. The summed E-state index contributed by atoms with van der Waals surface area (Å²) in [4.78, 5) is 16.3. The van der Waals surface area contributed by atoms with E-state index in [4.69, 9.17) is 19.6 Å².